The third-order valence-electron chi connectivity index (χ3n) is 2.24. The molecule has 0 amide bonds. The molecule has 0 fully saturated rings. The van der Waals surface area contributed by atoms with Crippen molar-refractivity contribution in [1.29, 1.82) is 5.26 Å². The maximum absolute atomic E-state index is 11.8. The molecule has 0 heterocycles. The summed E-state index contributed by atoms with van der Waals surface area (Å²) in [6, 6.07) is 7.77. The second-order valence-electron chi connectivity index (χ2n) is 3.57. The Hall–Kier alpha value is -1.38. The SMILES string of the molecule is CCC(C)NS(=O)(=O)c1cccc(C#N)c1. The van der Waals surface area contributed by atoms with Gasteiger partial charge in [0.25, 0.3) is 0 Å². The molecule has 0 aliphatic carbocycles. The number of hydrogen-bond donors (Lipinski definition) is 1. The summed E-state index contributed by atoms with van der Waals surface area (Å²) in [5, 5.41) is 8.69. The standard InChI is InChI=1S/C11H14N2O2S/c1-3-9(2)13-16(14,15)11-6-4-5-10(7-11)8-12/h4-7,9,13H,3H2,1-2H3. The Morgan fingerprint density at radius 3 is 2.75 bits per heavy atom. The molecule has 0 aliphatic heterocycles. The Bertz CT molecular complexity index is 503. The minimum absolute atomic E-state index is 0.115. The van der Waals surface area contributed by atoms with E-state index in [4.69, 9.17) is 5.26 Å². The lowest BCUT2D eigenvalue weighted by Crippen LogP contribution is -2.32. The first-order valence-electron chi connectivity index (χ1n) is 5.02. The molecule has 86 valence electrons. The Morgan fingerprint density at radius 2 is 2.19 bits per heavy atom. The second kappa shape index (κ2) is 5.10. The van der Waals surface area contributed by atoms with Gasteiger partial charge in [-0.15, -0.1) is 0 Å². The van der Waals surface area contributed by atoms with Crippen LogP contribution >= 0.6 is 0 Å². The number of rotatable bonds is 4. The molecule has 0 saturated heterocycles. The summed E-state index contributed by atoms with van der Waals surface area (Å²) in [7, 11) is -3.51. The molecule has 1 aromatic carbocycles. The van der Waals surface area contributed by atoms with Gasteiger partial charge in [0.15, 0.2) is 0 Å². The molecule has 0 aliphatic rings. The molecule has 0 saturated carbocycles. The van der Waals surface area contributed by atoms with Crippen molar-refractivity contribution in [3.05, 3.63) is 29.8 Å². The number of benzene rings is 1. The van der Waals surface area contributed by atoms with Crippen LogP contribution in [0.25, 0.3) is 0 Å². The molecular weight excluding hydrogens is 224 g/mol. The van der Waals surface area contributed by atoms with Crippen LogP contribution in [-0.2, 0) is 10.0 Å². The molecule has 0 radical (unpaired) electrons. The maximum Gasteiger partial charge on any atom is 0.240 e. The molecule has 16 heavy (non-hydrogen) atoms. The van der Waals surface area contributed by atoms with Gasteiger partial charge < -0.3 is 0 Å². The largest absolute Gasteiger partial charge is 0.240 e. The van der Waals surface area contributed by atoms with E-state index >= 15 is 0 Å². The quantitative estimate of drug-likeness (QED) is 0.866. The number of hydrogen-bond acceptors (Lipinski definition) is 3. The number of nitriles is 1. The first-order valence-corrected chi connectivity index (χ1v) is 6.50. The van der Waals surface area contributed by atoms with Gasteiger partial charge in [0.05, 0.1) is 16.5 Å². The molecular formula is C11H14N2O2S. The van der Waals surface area contributed by atoms with Crippen molar-refractivity contribution < 1.29 is 8.42 Å². The van der Waals surface area contributed by atoms with Crippen LogP contribution in [0.1, 0.15) is 25.8 Å². The van der Waals surface area contributed by atoms with Gasteiger partial charge in [-0.05, 0) is 31.5 Å². The van der Waals surface area contributed by atoms with E-state index in [9.17, 15) is 8.42 Å². The normalized spacial score (nSPS) is 13.1. The number of sulfonamides is 1. The molecule has 0 bridgehead atoms. The van der Waals surface area contributed by atoms with Gasteiger partial charge >= 0.3 is 0 Å². The van der Waals surface area contributed by atoms with Crippen LogP contribution in [0.3, 0.4) is 0 Å². The van der Waals surface area contributed by atoms with Gasteiger partial charge in [0.2, 0.25) is 10.0 Å². The van der Waals surface area contributed by atoms with Crippen molar-refractivity contribution in [1.82, 2.24) is 4.72 Å². The Morgan fingerprint density at radius 1 is 1.50 bits per heavy atom. The molecule has 1 unspecified atom stereocenters. The third kappa shape index (κ3) is 3.05. The molecule has 1 atom stereocenters. The Kier molecular flexibility index (Phi) is 4.05. The first kappa shape index (κ1) is 12.7. The van der Waals surface area contributed by atoms with E-state index in [-0.39, 0.29) is 10.9 Å². The van der Waals surface area contributed by atoms with Gasteiger partial charge in [-0.2, -0.15) is 5.26 Å². The van der Waals surface area contributed by atoms with Crippen molar-refractivity contribution in [2.75, 3.05) is 0 Å². The molecule has 1 rings (SSSR count). The van der Waals surface area contributed by atoms with Crippen LogP contribution in [0.15, 0.2) is 29.2 Å². The Labute approximate surface area is 96.0 Å². The zero-order valence-electron chi connectivity index (χ0n) is 9.27. The van der Waals surface area contributed by atoms with E-state index < -0.39 is 10.0 Å². The fraction of sp³-hybridized carbons (Fsp3) is 0.364. The van der Waals surface area contributed by atoms with Crippen molar-refractivity contribution in [3.8, 4) is 6.07 Å². The minimum atomic E-state index is -3.51. The predicted octanol–water partition coefficient (Wildman–Crippen LogP) is 1.64. The van der Waals surface area contributed by atoms with Gasteiger partial charge in [-0.25, -0.2) is 13.1 Å². The predicted molar refractivity (Wildman–Crippen MR) is 61.2 cm³/mol. The van der Waals surface area contributed by atoms with E-state index in [1.165, 1.54) is 12.1 Å². The molecule has 1 N–H and O–H groups in total. The number of nitrogens with one attached hydrogen (secondary N) is 1. The van der Waals surface area contributed by atoms with Crippen LogP contribution in [-0.4, -0.2) is 14.5 Å². The lowest BCUT2D eigenvalue weighted by Gasteiger charge is -2.11. The van der Waals surface area contributed by atoms with Crippen molar-refractivity contribution in [2.45, 2.75) is 31.2 Å². The fourth-order valence-electron chi connectivity index (χ4n) is 1.15. The van der Waals surface area contributed by atoms with Gasteiger partial charge in [0.1, 0.15) is 0 Å². The topological polar surface area (TPSA) is 70.0 Å². The summed E-state index contributed by atoms with van der Waals surface area (Å²) in [4.78, 5) is 0.131. The summed E-state index contributed by atoms with van der Waals surface area (Å²) in [5.74, 6) is 0. The maximum atomic E-state index is 11.8. The van der Waals surface area contributed by atoms with Crippen LogP contribution in [0.2, 0.25) is 0 Å². The lowest BCUT2D eigenvalue weighted by molar-refractivity contribution is 0.556. The minimum Gasteiger partial charge on any atom is -0.208 e. The molecule has 4 nitrogen and oxygen atoms in total. The highest BCUT2D eigenvalue weighted by molar-refractivity contribution is 7.89. The summed E-state index contributed by atoms with van der Waals surface area (Å²) in [6.07, 6.45) is 0.719. The molecule has 0 aromatic heterocycles. The molecule has 1 aromatic rings. The lowest BCUT2D eigenvalue weighted by atomic mass is 10.2. The monoisotopic (exact) mass is 238 g/mol. The third-order valence-corrected chi connectivity index (χ3v) is 3.83. The van der Waals surface area contributed by atoms with Crippen molar-refractivity contribution in [3.63, 3.8) is 0 Å². The highest BCUT2D eigenvalue weighted by Crippen LogP contribution is 2.11. The summed E-state index contributed by atoms with van der Waals surface area (Å²) < 4.78 is 26.2. The summed E-state index contributed by atoms with van der Waals surface area (Å²) >= 11 is 0. The van der Waals surface area contributed by atoms with E-state index in [0.717, 1.165) is 6.42 Å². The smallest absolute Gasteiger partial charge is 0.208 e. The van der Waals surface area contributed by atoms with E-state index in [0.29, 0.717) is 5.56 Å². The molecule has 5 heteroatoms. The summed E-state index contributed by atoms with van der Waals surface area (Å²) in [5.41, 5.74) is 0.340. The van der Waals surface area contributed by atoms with Crippen LogP contribution in [0.5, 0.6) is 0 Å². The highest BCUT2D eigenvalue weighted by Gasteiger charge is 2.16. The van der Waals surface area contributed by atoms with Gasteiger partial charge in [-0.3, -0.25) is 0 Å². The Balaban J connectivity index is 3.04. The zero-order valence-corrected chi connectivity index (χ0v) is 10.1. The summed E-state index contributed by atoms with van der Waals surface area (Å²) in [6.45, 7) is 3.70. The fourth-order valence-corrected chi connectivity index (χ4v) is 2.52. The van der Waals surface area contributed by atoms with Crippen LogP contribution < -0.4 is 4.72 Å². The van der Waals surface area contributed by atoms with Crippen LogP contribution in [0, 0.1) is 11.3 Å². The van der Waals surface area contributed by atoms with E-state index in [1.807, 2.05) is 13.0 Å². The first-order chi connectivity index (χ1) is 7.49. The zero-order chi connectivity index (χ0) is 12.2. The van der Waals surface area contributed by atoms with Gasteiger partial charge in [0, 0.05) is 6.04 Å². The van der Waals surface area contributed by atoms with E-state index in [2.05, 4.69) is 4.72 Å². The average Bonchev–Trinajstić information content (AvgIpc) is 2.28. The number of nitrogens with zero attached hydrogens (tertiary/aromatic N) is 1. The second-order valence-corrected chi connectivity index (χ2v) is 5.28. The van der Waals surface area contributed by atoms with Crippen molar-refractivity contribution in [2.24, 2.45) is 0 Å². The highest BCUT2D eigenvalue weighted by atomic mass is 32.2. The van der Waals surface area contributed by atoms with E-state index in [1.54, 1.807) is 19.1 Å². The average molecular weight is 238 g/mol. The van der Waals surface area contributed by atoms with Crippen LogP contribution in [0.4, 0.5) is 0 Å². The van der Waals surface area contributed by atoms with Gasteiger partial charge in [-0.1, -0.05) is 13.0 Å². The molecule has 0 spiro atoms. The van der Waals surface area contributed by atoms with Crippen molar-refractivity contribution >= 4 is 10.0 Å².